The third-order valence-corrected chi connectivity index (χ3v) is 7.25. The first-order chi connectivity index (χ1) is 17.5. The molecule has 0 fully saturated rings. The molecule has 174 valence electrons. The lowest BCUT2D eigenvalue weighted by Gasteiger charge is -2.24. The van der Waals surface area contributed by atoms with Gasteiger partial charge in [-0.15, -0.1) is 0 Å². The maximum absolute atomic E-state index is 4.37. The van der Waals surface area contributed by atoms with Gasteiger partial charge in [-0.2, -0.15) is 0 Å². The second kappa shape index (κ2) is 7.56. The molecule has 7 aromatic rings. The Kier molecular flexibility index (Phi) is 4.40. The standard InChI is InChI=1S/C33H27N3/c1-33(2,3)36-31-13-7-5-11-26(31)28-20-23(15-17-32(28)36)22-14-16-30-27(19-22)25-10-4-6-12-29(25)35(30)24-9-8-18-34-21-24/h4-21H,1-3H3. The van der Waals surface area contributed by atoms with Crippen LogP contribution in [0.5, 0.6) is 0 Å². The molecule has 0 bridgehead atoms. The van der Waals surface area contributed by atoms with Crippen molar-refractivity contribution < 1.29 is 0 Å². The number of para-hydroxylation sites is 2. The molecule has 3 heteroatoms. The number of nitrogens with zero attached hydrogens (tertiary/aromatic N) is 3. The lowest BCUT2D eigenvalue weighted by Crippen LogP contribution is -2.21. The summed E-state index contributed by atoms with van der Waals surface area (Å²) in [6.07, 6.45) is 3.75. The van der Waals surface area contributed by atoms with Gasteiger partial charge in [0, 0.05) is 44.3 Å². The van der Waals surface area contributed by atoms with Crippen molar-refractivity contribution >= 4 is 43.6 Å². The Morgan fingerprint density at radius 2 is 1.11 bits per heavy atom. The van der Waals surface area contributed by atoms with Gasteiger partial charge in [0.25, 0.3) is 0 Å². The van der Waals surface area contributed by atoms with E-state index in [4.69, 9.17) is 0 Å². The minimum atomic E-state index is -0.00406. The average molecular weight is 466 g/mol. The van der Waals surface area contributed by atoms with E-state index < -0.39 is 0 Å². The topological polar surface area (TPSA) is 22.8 Å². The molecule has 3 aromatic heterocycles. The summed E-state index contributed by atoms with van der Waals surface area (Å²) in [6.45, 7) is 6.83. The summed E-state index contributed by atoms with van der Waals surface area (Å²) in [5.74, 6) is 0. The van der Waals surface area contributed by atoms with Crippen LogP contribution >= 0.6 is 0 Å². The van der Waals surface area contributed by atoms with Gasteiger partial charge in [-0.1, -0.05) is 48.5 Å². The molecule has 0 amide bonds. The smallest absolute Gasteiger partial charge is 0.0645 e. The quantitative estimate of drug-likeness (QED) is 0.250. The Morgan fingerprint density at radius 3 is 1.78 bits per heavy atom. The number of rotatable bonds is 2. The molecule has 0 saturated heterocycles. The molecule has 0 aliphatic heterocycles. The highest BCUT2D eigenvalue weighted by Crippen LogP contribution is 2.38. The van der Waals surface area contributed by atoms with Crippen LogP contribution in [-0.2, 0) is 5.54 Å². The molecule has 0 radical (unpaired) electrons. The van der Waals surface area contributed by atoms with Crippen LogP contribution in [0.2, 0.25) is 0 Å². The first kappa shape index (κ1) is 21.0. The molecule has 36 heavy (non-hydrogen) atoms. The maximum atomic E-state index is 4.37. The highest BCUT2D eigenvalue weighted by atomic mass is 15.0. The van der Waals surface area contributed by atoms with Crippen LogP contribution in [0.1, 0.15) is 20.8 Å². The predicted octanol–water partition coefficient (Wildman–Crippen LogP) is 8.71. The molecule has 0 saturated carbocycles. The number of fused-ring (bicyclic) bond motifs is 6. The van der Waals surface area contributed by atoms with Gasteiger partial charge < -0.3 is 9.13 Å². The molecule has 0 atom stereocenters. The maximum Gasteiger partial charge on any atom is 0.0645 e. The molecule has 0 N–H and O–H groups in total. The summed E-state index contributed by atoms with van der Waals surface area (Å²) >= 11 is 0. The summed E-state index contributed by atoms with van der Waals surface area (Å²) in [6, 6.07) is 35.3. The van der Waals surface area contributed by atoms with Crippen molar-refractivity contribution in [2.24, 2.45) is 0 Å². The van der Waals surface area contributed by atoms with Crippen LogP contribution < -0.4 is 0 Å². The fraction of sp³-hybridized carbons (Fsp3) is 0.121. The zero-order chi connectivity index (χ0) is 24.4. The number of aromatic nitrogens is 3. The summed E-state index contributed by atoms with van der Waals surface area (Å²) in [5.41, 5.74) is 8.49. The van der Waals surface area contributed by atoms with Crippen molar-refractivity contribution in [1.29, 1.82) is 0 Å². The number of pyridine rings is 1. The van der Waals surface area contributed by atoms with Crippen LogP contribution in [0.3, 0.4) is 0 Å². The van der Waals surface area contributed by atoms with Crippen LogP contribution in [0, 0.1) is 0 Å². The van der Waals surface area contributed by atoms with E-state index in [2.05, 4.69) is 126 Å². The molecule has 0 unspecified atom stereocenters. The van der Waals surface area contributed by atoms with E-state index in [-0.39, 0.29) is 5.54 Å². The van der Waals surface area contributed by atoms with E-state index in [1.165, 1.54) is 54.7 Å². The van der Waals surface area contributed by atoms with Crippen molar-refractivity contribution in [2.45, 2.75) is 26.3 Å². The lowest BCUT2D eigenvalue weighted by atomic mass is 10.0. The van der Waals surface area contributed by atoms with Crippen LogP contribution in [0.25, 0.3) is 60.4 Å². The number of hydrogen-bond donors (Lipinski definition) is 0. The van der Waals surface area contributed by atoms with Crippen LogP contribution in [0.4, 0.5) is 0 Å². The summed E-state index contributed by atoms with van der Waals surface area (Å²) in [5, 5.41) is 5.11. The predicted molar refractivity (Wildman–Crippen MR) is 152 cm³/mol. The third-order valence-electron chi connectivity index (χ3n) is 7.25. The third kappa shape index (κ3) is 3.02. The van der Waals surface area contributed by atoms with Gasteiger partial charge in [-0.25, -0.2) is 0 Å². The summed E-state index contributed by atoms with van der Waals surface area (Å²) < 4.78 is 4.77. The molecule has 4 aromatic carbocycles. The van der Waals surface area contributed by atoms with Gasteiger partial charge in [-0.3, -0.25) is 4.98 Å². The second-order valence-corrected chi connectivity index (χ2v) is 10.6. The molecular weight excluding hydrogens is 438 g/mol. The molecule has 0 aliphatic rings. The van der Waals surface area contributed by atoms with Crippen molar-refractivity contribution in [1.82, 2.24) is 14.1 Å². The van der Waals surface area contributed by atoms with Crippen molar-refractivity contribution in [3.05, 3.63) is 109 Å². The van der Waals surface area contributed by atoms with E-state index in [1.54, 1.807) is 0 Å². The normalized spacial score (nSPS) is 12.3. The fourth-order valence-electron chi connectivity index (χ4n) is 5.79. The molecule has 0 spiro atoms. The van der Waals surface area contributed by atoms with E-state index in [0.717, 1.165) is 5.69 Å². The monoisotopic (exact) mass is 465 g/mol. The summed E-state index contributed by atoms with van der Waals surface area (Å²) in [7, 11) is 0. The van der Waals surface area contributed by atoms with Crippen molar-refractivity contribution in [3.8, 4) is 16.8 Å². The Balaban J connectivity index is 1.48. The Hall–Kier alpha value is -4.37. The highest BCUT2D eigenvalue weighted by Gasteiger charge is 2.21. The minimum absolute atomic E-state index is 0.00406. The van der Waals surface area contributed by atoms with E-state index in [9.17, 15) is 0 Å². The molecule has 3 heterocycles. The van der Waals surface area contributed by atoms with Gasteiger partial charge in [0.05, 0.1) is 22.9 Å². The molecule has 7 rings (SSSR count). The van der Waals surface area contributed by atoms with Gasteiger partial charge >= 0.3 is 0 Å². The first-order valence-electron chi connectivity index (χ1n) is 12.5. The van der Waals surface area contributed by atoms with E-state index >= 15 is 0 Å². The Bertz CT molecular complexity index is 1910. The number of benzene rings is 4. The lowest BCUT2D eigenvalue weighted by molar-refractivity contribution is 0.423. The Morgan fingerprint density at radius 1 is 0.556 bits per heavy atom. The zero-order valence-corrected chi connectivity index (χ0v) is 20.7. The highest BCUT2D eigenvalue weighted by molar-refractivity contribution is 6.12. The average Bonchev–Trinajstić information content (AvgIpc) is 3.41. The van der Waals surface area contributed by atoms with Gasteiger partial charge in [0.2, 0.25) is 0 Å². The SMILES string of the molecule is CC(C)(C)n1c2ccccc2c2cc(-c3ccc4c(c3)c3ccccc3n4-c3cccnc3)ccc21. The van der Waals surface area contributed by atoms with Crippen LogP contribution in [0.15, 0.2) is 109 Å². The zero-order valence-electron chi connectivity index (χ0n) is 20.7. The molecule has 0 aliphatic carbocycles. The van der Waals surface area contributed by atoms with E-state index in [1.807, 2.05) is 18.5 Å². The van der Waals surface area contributed by atoms with E-state index in [0.29, 0.717) is 0 Å². The van der Waals surface area contributed by atoms with Crippen LogP contribution in [-0.4, -0.2) is 14.1 Å². The van der Waals surface area contributed by atoms with Crippen molar-refractivity contribution in [3.63, 3.8) is 0 Å². The molecular formula is C33H27N3. The van der Waals surface area contributed by atoms with Crippen molar-refractivity contribution in [2.75, 3.05) is 0 Å². The first-order valence-corrected chi connectivity index (χ1v) is 12.5. The Labute approximate surface area is 210 Å². The molecule has 3 nitrogen and oxygen atoms in total. The fourth-order valence-corrected chi connectivity index (χ4v) is 5.79. The summed E-state index contributed by atoms with van der Waals surface area (Å²) in [4.78, 5) is 4.37. The minimum Gasteiger partial charge on any atom is -0.335 e. The van der Waals surface area contributed by atoms with Gasteiger partial charge in [0.1, 0.15) is 0 Å². The van der Waals surface area contributed by atoms with Gasteiger partial charge in [0.15, 0.2) is 0 Å². The van der Waals surface area contributed by atoms with Gasteiger partial charge in [-0.05, 0) is 80.4 Å². The largest absolute Gasteiger partial charge is 0.335 e. The second-order valence-electron chi connectivity index (χ2n) is 10.6. The number of hydrogen-bond acceptors (Lipinski definition) is 1.